The van der Waals surface area contributed by atoms with Gasteiger partial charge in [-0.25, -0.2) is 0 Å². The van der Waals surface area contributed by atoms with E-state index < -0.39 is 0 Å². The van der Waals surface area contributed by atoms with Crippen LogP contribution in [-0.2, 0) is 19.4 Å². The molecule has 0 aliphatic heterocycles. The molecule has 0 radical (unpaired) electrons. The molecule has 0 bridgehead atoms. The Morgan fingerprint density at radius 1 is 0.963 bits per heavy atom. The zero-order valence-electron chi connectivity index (χ0n) is 16.5. The van der Waals surface area contributed by atoms with Crippen molar-refractivity contribution in [2.45, 2.75) is 39.2 Å². The SMILES string of the molecule is CCCCc1ccc(OC)c(Cn2cc(CCO)c3ccccc32)c1OC. The highest BCUT2D eigenvalue weighted by atomic mass is 16.5. The number of ether oxygens (including phenoxy) is 2. The first-order chi connectivity index (χ1) is 13.2. The normalized spacial score (nSPS) is 11.1. The molecule has 144 valence electrons. The Balaban J connectivity index is 2.08. The van der Waals surface area contributed by atoms with Crippen LogP contribution >= 0.6 is 0 Å². The second kappa shape index (κ2) is 8.96. The van der Waals surface area contributed by atoms with Crippen molar-refractivity contribution in [1.82, 2.24) is 4.57 Å². The molecule has 0 amide bonds. The summed E-state index contributed by atoms with van der Waals surface area (Å²) in [4.78, 5) is 0. The van der Waals surface area contributed by atoms with Gasteiger partial charge in [0.15, 0.2) is 0 Å². The molecule has 3 aromatic rings. The van der Waals surface area contributed by atoms with Gasteiger partial charge < -0.3 is 19.1 Å². The Kier molecular flexibility index (Phi) is 6.40. The number of unbranched alkanes of at least 4 members (excludes halogenated alkanes) is 1. The van der Waals surface area contributed by atoms with Gasteiger partial charge in [0.25, 0.3) is 0 Å². The molecule has 4 nitrogen and oxygen atoms in total. The van der Waals surface area contributed by atoms with Gasteiger partial charge in [-0.3, -0.25) is 0 Å². The second-order valence-electron chi connectivity index (χ2n) is 6.82. The van der Waals surface area contributed by atoms with Crippen LogP contribution in [0.3, 0.4) is 0 Å². The average molecular weight is 367 g/mol. The van der Waals surface area contributed by atoms with E-state index in [1.54, 1.807) is 14.2 Å². The maximum atomic E-state index is 9.41. The van der Waals surface area contributed by atoms with Gasteiger partial charge in [0, 0.05) is 23.7 Å². The standard InChI is InChI=1S/C23H29NO3/c1-4-5-8-17-11-12-22(26-2)20(23(17)27-3)16-24-15-18(13-14-25)19-9-6-7-10-21(19)24/h6-7,9-12,15,25H,4-5,8,13-14,16H2,1-3H3. The van der Waals surface area contributed by atoms with Crippen molar-refractivity contribution < 1.29 is 14.6 Å². The van der Waals surface area contributed by atoms with Gasteiger partial charge in [0.2, 0.25) is 0 Å². The van der Waals surface area contributed by atoms with Crippen LogP contribution in [0, 0.1) is 0 Å². The van der Waals surface area contributed by atoms with Crippen LogP contribution in [0.2, 0.25) is 0 Å². The minimum atomic E-state index is 0.146. The van der Waals surface area contributed by atoms with Gasteiger partial charge in [0.05, 0.1) is 26.3 Å². The van der Waals surface area contributed by atoms with E-state index in [1.165, 1.54) is 10.9 Å². The van der Waals surface area contributed by atoms with Crippen LogP contribution in [0.15, 0.2) is 42.6 Å². The Morgan fingerprint density at radius 2 is 1.78 bits per heavy atom. The third kappa shape index (κ3) is 3.96. The van der Waals surface area contributed by atoms with E-state index in [4.69, 9.17) is 9.47 Å². The molecule has 4 heteroatoms. The number of rotatable bonds is 9. The van der Waals surface area contributed by atoms with Crippen LogP contribution in [0.1, 0.15) is 36.5 Å². The van der Waals surface area contributed by atoms with E-state index >= 15 is 0 Å². The smallest absolute Gasteiger partial charge is 0.130 e. The number of aryl methyl sites for hydroxylation is 1. The van der Waals surface area contributed by atoms with Gasteiger partial charge in [-0.2, -0.15) is 0 Å². The molecule has 0 saturated carbocycles. The Labute approximate surface area is 161 Å². The zero-order valence-corrected chi connectivity index (χ0v) is 16.5. The number of nitrogens with zero attached hydrogens (tertiary/aromatic N) is 1. The first-order valence-corrected chi connectivity index (χ1v) is 9.63. The van der Waals surface area contributed by atoms with Crippen molar-refractivity contribution >= 4 is 10.9 Å². The number of hydrogen-bond donors (Lipinski definition) is 1. The third-order valence-electron chi connectivity index (χ3n) is 5.10. The van der Waals surface area contributed by atoms with E-state index in [0.717, 1.165) is 47.4 Å². The van der Waals surface area contributed by atoms with Crippen molar-refractivity contribution in [3.05, 3.63) is 59.3 Å². The monoisotopic (exact) mass is 367 g/mol. The first-order valence-electron chi connectivity index (χ1n) is 9.63. The van der Waals surface area contributed by atoms with E-state index in [2.05, 4.69) is 35.9 Å². The number of hydrogen-bond acceptors (Lipinski definition) is 3. The van der Waals surface area contributed by atoms with Crippen LogP contribution in [-0.4, -0.2) is 30.5 Å². The maximum absolute atomic E-state index is 9.41. The molecule has 27 heavy (non-hydrogen) atoms. The fraction of sp³-hybridized carbons (Fsp3) is 0.391. The highest BCUT2D eigenvalue weighted by Gasteiger charge is 2.17. The van der Waals surface area contributed by atoms with Gasteiger partial charge in [-0.05, 0) is 42.5 Å². The molecule has 0 saturated heterocycles. The van der Waals surface area contributed by atoms with Gasteiger partial charge in [0.1, 0.15) is 11.5 Å². The lowest BCUT2D eigenvalue weighted by Gasteiger charge is -2.18. The number of benzene rings is 2. The summed E-state index contributed by atoms with van der Waals surface area (Å²) in [6.07, 6.45) is 6.07. The Morgan fingerprint density at radius 3 is 2.48 bits per heavy atom. The van der Waals surface area contributed by atoms with Gasteiger partial charge >= 0.3 is 0 Å². The fourth-order valence-electron chi connectivity index (χ4n) is 3.76. The Bertz CT molecular complexity index is 898. The van der Waals surface area contributed by atoms with Crippen molar-refractivity contribution in [3.63, 3.8) is 0 Å². The van der Waals surface area contributed by atoms with Crippen molar-refractivity contribution in [2.75, 3.05) is 20.8 Å². The predicted octanol–water partition coefficient (Wildman–Crippen LogP) is 4.58. The van der Waals surface area contributed by atoms with Crippen LogP contribution in [0.4, 0.5) is 0 Å². The lowest BCUT2D eigenvalue weighted by atomic mass is 10.0. The number of methoxy groups -OCH3 is 2. The summed E-state index contributed by atoms with van der Waals surface area (Å²) < 4.78 is 13.7. The van der Waals surface area contributed by atoms with E-state index in [-0.39, 0.29) is 6.61 Å². The molecule has 0 unspecified atom stereocenters. The van der Waals surface area contributed by atoms with Gasteiger partial charge in [-0.15, -0.1) is 0 Å². The molecular formula is C23H29NO3. The van der Waals surface area contributed by atoms with Crippen LogP contribution in [0.25, 0.3) is 10.9 Å². The minimum Gasteiger partial charge on any atom is -0.496 e. The second-order valence-corrected chi connectivity index (χ2v) is 6.82. The molecule has 3 rings (SSSR count). The number of aliphatic hydroxyl groups is 1. The quantitative estimate of drug-likeness (QED) is 0.602. The number of aromatic nitrogens is 1. The molecule has 1 aromatic heterocycles. The molecule has 0 aliphatic rings. The molecule has 0 atom stereocenters. The zero-order chi connectivity index (χ0) is 19.2. The summed E-state index contributed by atoms with van der Waals surface area (Å²) >= 11 is 0. The molecule has 1 heterocycles. The number of para-hydroxylation sites is 1. The van der Waals surface area contributed by atoms with E-state index in [1.807, 2.05) is 18.2 Å². The summed E-state index contributed by atoms with van der Waals surface area (Å²) in [5.41, 5.74) is 4.60. The van der Waals surface area contributed by atoms with Crippen molar-refractivity contribution in [3.8, 4) is 11.5 Å². The molecule has 0 spiro atoms. The molecular weight excluding hydrogens is 338 g/mol. The number of fused-ring (bicyclic) bond motifs is 1. The summed E-state index contributed by atoms with van der Waals surface area (Å²) in [6.45, 7) is 3.01. The topological polar surface area (TPSA) is 43.6 Å². The molecule has 0 aliphatic carbocycles. The lowest BCUT2D eigenvalue weighted by Crippen LogP contribution is -2.06. The maximum Gasteiger partial charge on any atom is 0.130 e. The Hall–Kier alpha value is -2.46. The summed E-state index contributed by atoms with van der Waals surface area (Å²) in [5.74, 6) is 1.76. The highest BCUT2D eigenvalue weighted by molar-refractivity contribution is 5.84. The summed E-state index contributed by atoms with van der Waals surface area (Å²) in [6, 6.07) is 12.5. The van der Waals surface area contributed by atoms with Crippen LogP contribution < -0.4 is 9.47 Å². The lowest BCUT2D eigenvalue weighted by molar-refractivity contribution is 0.300. The average Bonchev–Trinajstić information content (AvgIpc) is 3.04. The molecule has 0 fully saturated rings. The van der Waals surface area contributed by atoms with E-state index in [9.17, 15) is 5.11 Å². The molecule has 2 aromatic carbocycles. The highest BCUT2D eigenvalue weighted by Crippen LogP contribution is 2.35. The first kappa shape index (κ1) is 19.3. The molecule has 1 N–H and O–H groups in total. The largest absolute Gasteiger partial charge is 0.496 e. The summed E-state index contributed by atoms with van der Waals surface area (Å²) in [7, 11) is 3.44. The minimum absolute atomic E-state index is 0.146. The predicted molar refractivity (Wildman–Crippen MR) is 110 cm³/mol. The van der Waals surface area contributed by atoms with Gasteiger partial charge in [-0.1, -0.05) is 37.6 Å². The summed E-state index contributed by atoms with van der Waals surface area (Å²) in [5, 5.41) is 10.6. The van der Waals surface area contributed by atoms with Crippen molar-refractivity contribution in [2.24, 2.45) is 0 Å². The number of aliphatic hydroxyl groups excluding tert-OH is 1. The fourth-order valence-corrected chi connectivity index (χ4v) is 3.76. The van der Waals surface area contributed by atoms with E-state index in [0.29, 0.717) is 13.0 Å². The third-order valence-corrected chi connectivity index (χ3v) is 5.10. The van der Waals surface area contributed by atoms with Crippen LogP contribution in [0.5, 0.6) is 11.5 Å². The van der Waals surface area contributed by atoms with Crippen molar-refractivity contribution in [1.29, 1.82) is 0 Å².